The number of hydrogen-bond donors (Lipinski definition) is 5. The van der Waals surface area contributed by atoms with Crippen molar-refractivity contribution < 1.29 is 33.8 Å². The second-order valence-corrected chi connectivity index (χ2v) is 17.3. The van der Waals surface area contributed by atoms with Gasteiger partial charge in [-0.05, 0) is 67.3 Å². The summed E-state index contributed by atoms with van der Waals surface area (Å²) in [7, 11) is 0. The van der Waals surface area contributed by atoms with Crippen LogP contribution >= 0.6 is 11.3 Å². The smallest absolute Gasteiger partial charge is 0.246 e. The zero-order chi connectivity index (χ0) is 43.5. The fourth-order valence-corrected chi connectivity index (χ4v) is 8.42. The number of benzene rings is 2. The Bertz CT molecular complexity index is 2130. The number of nitrogens with two attached hydrogens (primary N) is 1. The number of hydrogen-bond acceptors (Lipinski definition) is 13. The molecular weight excluding hydrogens is 799 g/mol. The number of piperidine rings is 1. The Labute approximate surface area is 360 Å². The van der Waals surface area contributed by atoms with E-state index in [9.17, 15) is 24.3 Å². The molecule has 0 spiro atoms. The molecule has 17 heteroatoms. The lowest BCUT2D eigenvalue weighted by Gasteiger charge is -2.35. The number of phenolic OH excluding ortho intramolecular Hbond substituents is 1. The molecule has 6 rings (SSSR count). The second kappa shape index (κ2) is 20.7. The zero-order valence-electron chi connectivity index (χ0n) is 35.3. The topological polar surface area (TPSA) is 214 Å². The van der Waals surface area contributed by atoms with Crippen LogP contribution in [0, 0.1) is 18.3 Å². The van der Waals surface area contributed by atoms with E-state index in [4.69, 9.17) is 15.2 Å². The van der Waals surface area contributed by atoms with Crippen LogP contribution in [0.3, 0.4) is 0 Å². The number of phenols is 1. The van der Waals surface area contributed by atoms with E-state index in [-0.39, 0.29) is 55.8 Å². The lowest BCUT2D eigenvalue weighted by Crippen LogP contribution is -2.58. The Morgan fingerprint density at radius 3 is 2.38 bits per heavy atom. The molecule has 4 aromatic rings. The third-order valence-electron chi connectivity index (χ3n) is 11.0. The highest BCUT2D eigenvalue weighted by molar-refractivity contribution is 7.13. The molecule has 4 heterocycles. The highest BCUT2D eigenvalue weighted by atomic mass is 32.1. The summed E-state index contributed by atoms with van der Waals surface area (Å²) in [6, 6.07) is 15.3. The largest absolute Gasteiger partial charge is 0.507 e. The molecule has 2 atom stereocenters. The number of nitrogen functional groups attached to an aromatic ring is 1. The number of aromatic hydroxyl groups is 1. The maximum absolute atomic E-state index is 13.9. The molecule has 326 valence electrons. The highest BCUT2D eigenvalue weighted by Crippen LogP contribution is 2.33. The van der Waals surface area contributed by atoms with Crippen molar-refractivity contribution >= 4 is 46.5 Å². The van der Waals surface area contributed by atoms with Crippen LogP contribution in [0.2, 0.25) is 0 Å². The summed E-state index contributed by atoms with van der Waals surface area (Å²) in [5.74, 6) is -0.758. The van der Waals surface area contributed by atoms with E-state index in [0.29, 0.717) is 75.5 Å². The Kier molecular flexibility index (Phi) is 15.3. The lowest BCUT2D eigenvalue weighted by atomic mass is 9.85. The standard InChI is InChI=1S/C44H57N9O7S/c1-28-38(61-27-48-28)30-13-11-29(12-14-30)25-47-42(57)34-9-7-18-53(34)43(58)39(44(2,3)4)49-37(55)26-60-23-22-59-21-17-46-41(56)31-15-19-52(20-16-31)35-24-33(50-51-40(35)45)32-8-5-6-10-36(32)54/h5-6,8,10-14,24,27,31,34,39,54H,7,9,15-23,25-26H2,1-4H3,(H2,45,51)(H,46,56)(H,47,57)(H,49,55)/t34-,39+/m0/s1. The van der Waals surface area contributed by atoms with Gasteiger partial charge < -0.3 is 46.1 Å². The van der Waals surface area contributed by atoms with E-state index in [1.807, 2.05) is 69.6 Å². The number of para-hydroxylation sites is 1. The second-order valence-electron chi connectivity index (χ2n) is 16.5. The molecule has 61 heavy (non-hydrogen) atoms. The Hall–Kier alpha value is -5.65. The number of aryl methyl sites for hydroxylation is 1. The first-order valence-corrected chi connectivity index (χ1v) is 21.6. The van der Waals surface area contributed by atoms with Crippen molar-refractivity contribution in [3.8, 4) is 27.4 Å². The minimum Gasteiger partial charge on any atom is -0.507 e. The molecule has 2 fully saturated rings. The van der Waals surface area contributed by atoms with Gasteiger partial charge >= 0.3 is 0 Å². The number of rotatable bonds is 17. The van der Waals surface area contributed by atoms with Crippen molar-refractivity contribution in [3.63, 3.8) is 0 Å². The maximum Gasteiger partial charge on any atom is 0.246 e. The zero-order valence-corrected chi connectivity index (χ0v) is 36.1. The van der Waals surface area contributed by atoms with Crippen molar-refractivity contribution in [3.05, 3.63) is 71.4 Å². The van der Waals surface area contributed by atoms with Crippen LogP contribution < -0.4 is 26.6 Å². The molecule has 2 aliphatic heterocycles. The van der Waals surface area contributed by atoms with E-state index in [1.165, 1.54) is 0 Å². The fraction of sp³-hybridized carbons (Fsp3) is 0.477. The molecule has 0 radical (unpaired) electrons. The number of aromatic nitrogens is 3. The molecule has 0 aliphatic carbocycles. The van der Waals surface area contributed by atoms with Gasteiger partial charge in [0.25, 0.3) is 0 Å². The number of nitrogens with one attached hydrogen (secondary N) is 3. The number of likely N-dealkylation sites (tertiary alicyclic amines) is 1. The van der Waals surface area contributed by atoms with E-state index in [2.05, 4.69) is 36.0 Å². The molecule has 2 aromatic carbocycles. The summed E-state index contributed by atoms with van der Waals surface area (Å²) in [6.45, 7) is 10.3. The van der Waals surface area contributed by atoms with Crippen molar-refractivity contribution in [1.29, 1.82) is 0 Å². The first kappa shape index (κ1) is 44.9. The van der Waals surface area contributed by atoms with Crippen LogP contribution in [0.15, 0.2) is 60.1 Å². The molecule has 6 N–H and O–H groups in total. The van der Waals surface area contributed by atoms with Crippen LogP contribution in [0.1, 0.15) is 57.7 Å². The maximum atomic E-state index is 13.9. The van der Waals surface area contributed by atoms with Gasteiger partial charge in [0.15, 0.2) is 5.82 Å². The average molecular weight is 856 g/mol. The van der Waals surface area contributed by atoms with E-state index in [0.717, 1.165) is 27.4 Å². The predicted octanol–water partition coefficient (Wildman–Crippen LogP) is 4.07. The summed E-state index contributed by atoms with van der Waals surface area (Å²) >= 11 is 1.59. The Balaban J connectivity index is 0.860. The van der Waals surface area contributed by atoms with Gasteiger partial charge in [0.05, 0.1) is 47.3 Å². The molecule has 2 aliphatic rings. The minimum absolute atomic E-state index is 0.0418. The lowest BCUT2D eigenvalue weighted by molar-refractivity contribution is -0.144. The number of carbonyl (C=O) groups is 4. The van der Waals surface area contributed by atoms with Crippen LogP contribution in [-0.4, -0.2) is 114 Å². The average Bonchev–Trinajstić information content (AvgIpc) is 3.92. The van der Waals surface area contributed by atoms with Crippen molar-refractivity contribution in [2.45, 2.75) is 72.0 Å². The predicted molar refractivity (Wildman–Crippen MR) is 233 cm³/mol. The van der Waals surface area contributed by atoms with Crippen molar-refractivity contribution in [2.24, 2.45) is 11.3 Å². The normalized spacial score (nSPS) is 16.3. The first-order valence-electron chi connectivity index (χ1n) is 20.8. The summed E-state index contributed by atoms with van der Waals surface area (Å²) in [5.41, 5.74) is 12.2. The third kappa shape index (κ3) is 11.8. The molecule has 2 aromatic heterocycles. The van der Waals surface area contributed by atoms with E-state index < -0.39 is 23.4 Å². The number of thiazole rings is 1. The van der Waals surface area contributed by atoms with Crippen LogP contribution in [0.25, 0.3) is 21.7 Å². The van der Waals surface area contributed by atoms with Gasteiger partial charge in [0, 0.05) is 44.2 Å². The van der Waals surface area contributed by atoms with Gasteiger partial charge in [-0.2, -0.15) is 0 Å². The molecule has 16 nitrogen and oxygen atoms in total. The van der Waals surface area contributed by atoms with Crippen LogP contribution in [-0.2, 0) is 35.2 Å². The summed E-state index contributed by atoms with van der Waals surface area (Å²) in [6.07, 6.45) is 2.51. The number of carbonyl (C=O) groups excluding carboxylic acids is 4. The molecule has 0 saturated carbocycles. The van der Waals surface area contributed by atoms with Crippen molar-refractivity contribution in [1.82, 2.24) is 36.0 Å². The SMILES string of the molecule is Cc1ncsc1-c1ccc(CNC(=O)[C@@H]2CCCN2C(=O)[C@@H](NC(=O)COCCOCCNC(=O)C2CCN(c3cc(-c4ccccc4O)nnc3N)CC2)C(C)(C)C)cc1. The summed E-state index contributed by atoms with van der Waals surface area (Å²) in [5, 5.41) is 27.3. The fourth-order valence-electron chi connectivity index (χ4n) is 7.60. The Morgan fingerprint density at radius 1 is 0.934 bits per heavy atom. The summed E-state index contributed by atoms with van der Waals surface area (Å²) in [4.78, 5) is 62.2. The number of amides is 4. The number of ether oxygens (including phenoxy) is 2. The summed E-state index contributed by atoms with van der Waals surface area (Å²) < 4.78 is 11.2. The third-order valence-corrected chi connectivity index (χ3v) is 12.0. The monoisotopic (exact) mass is 855 g/mol. The van der Waals surface area contributed by atoms with Crippen LogP contribution in [0.5, 0.6) is 5.75 Å². The molecule has 0 bridgehead atoms. The van der Waals surface area contributed by atoms with E-state index >= 15 is 0 Å². The van der Waals surface area contributed by atoms with Gasteiger partial charge in [0.1, 0.15) is 24.4 Å². The van der Waals surface area contributed by atoms with Gasteiger partial charge in [-0.15, -0.1) is 21.5 Å². The van der Waals surface area contributed by atoms with Gasteiger partial charge in [-0.3, -0.25) is 19.2 Å². The van der Waals surface area contributed by atoms with Gasteiger partial charge in [-0.1, -0.05) is 57.2 Å². The molecule has 2 saturated heterocycles. The van der Waals surface area contributed by atoms with E-state index in [1.54, 1.807) is 34.4 Å². The minimum atomic E-state index is -0.861. The molecule has 4 amide bonds. The number of anilines is 2. The van der Waals surface area contributed by atoms with Crippen LogP contribution in [0.4, 0.5) is 11.5 Å². The Morgan fingerprint density at radius 2 is 1.67 bits per heavy atom. The van der Waals surface area contributed by atoms with Gasteiger partial charge in [-0.25, -0.2) is 4.98 Å². The highest BCUT2D eigenvalue weighted by Gasteiger charge is 2.42. The van der Waals surface area contributed by atoms with Gasteiger partial charge in [0.2, 0.25) is 23.6 Å². The molecular formula is C44H57N9O7S. The van der Waals surface area contributed by atoms with Crippen molar-refractivity contribution in [2.75, 3.05) is 63.2 Å². The molecule has 0 unspecified atom stereocenters. The number of nitrogens with zero attached hydrogens (tertiary/aromatic N) is 5. The quantitative estimate of drug-likeness (QED) is 0.0952. The first-order chi connectivity index (χ1) is 29.3.